The summed E-state index contributed by atoms with van der Waals surface area (Å²) in [5, 5.41) is 14.8. The van der Waals surface area contributed by atoms with Gasteiger partial charge in [0.05, 0.1) is 11.4 Å². The SMILES string of the molecule is CC(C)C[C@@H](NC(=O)N1c2ccccc2NC(=O)[C@H]1C(C)C)C(=O)O. The van der Waals surface area contributed by atoms with Gasteiger partial charge in [-0.05, 0) is 30.4 Å². The minimum Gasteiger partial charge on any atom is -0.480 e. The molecule has 7 heteroatoms. The molecule has 2 atom stereocenters. The first-order valence-electron chi connectivity index (χ1n) is 8.44. The summed E-state index contributed by atoms with van der Waals surface area (Å²) in [4.78, 5) is 38.2. The number of hydrogen-bond acceptors (Lipinski definition) is 3. The van der Waals surface area contributed by atoms with Crippen LogP contribution >= 0.6 is 0 Å². The van der Waals surface area contributed by atoms with E-state index in [4.69, 9.17) is 0 Å². The molecule has 0 aliphatic carbocycles. The van der Waals surface area contributed by atoms with E-state index in [1.54, 1.807) is 24.3 Å². The molecule has 1 aromatic carbocycles. The molecule has 0 unspecified atom stereocenters. The predicted molar refractivity (Wildman–Crippen MR) is 95.6 cm³/mol. The largest absolute Gasteiger partial charge is 0.480 e. The number of carboxylic acid groups (broad SMARTS) is 1. The van der Waals surface area contributed by atoms with Gasteiger partial charge in [0, 0.05) is 0 Å². The van der Waals surface area contributed by atoms with Crippen molar-refractivity contribution in [2.75, 3.05) is 10.2 Å². The molecule has 0 radical (unpaired) electrons. The molecule has 3 N–H and O–H groups in total. The topological polar surface area (TPSA) is 98.7 Å². The number of fused-ring (bicyclic) bond motifs is 1. The fourth-order valence-corrected chi connectivity index (χ4v) is 3.01. The predicted octanol–water partition coefficient (Wildman–Crippen LogP) is 2.68. The number of rotatable bonds is 5. The van der Waals surface area contributed by atoms with Crippen LogP contribution in [-0.2, 0) is 9.59 Å². The maximum atomic E-state index is 12.9. The fraction of sp³-hybridized carbons (Fsp3) is 0.500. The zero-order valence-corrected chi connectivity index (χ0v) is 14.9. The van der Waals surface area contributed by atoms with E-state index in [2.05, 4.69) is 10.6 Å². The van der Waals surface area contributed by atoms with Gasteiger partial charge in [0.15, 0.2) is 0 Å². The summed E-state index contributed by atoms with van der Waals surface area (Å²) >= 11 is 0. The Hall–Kier alpha value is -2.57. The monoisotopic (exact) mass is 347 g/mol. The highest BCUT2D eigenvalue weighted by atomic mass is 16.4. The molecule has 0 fully saturated rings. The van der Waals surface area contributed by atoms with Crippen molar-refractivity contribution >= 4 is 29.3 Å². The number of benzene rings is 1. The van der Waals surface area contributed by atoms with Crippen LogP contribution in [0, 0.1) is 11.8 Å². The average Bonchev–Trinajstić information content (AvgIpc) is 2.51. The quantitative estimate of drug-likeness (QED) is 0.762. The Bertz CT molecular complexity index is 672. The van der Waals surface area contributed by atoms with Crippen LogP contribution in [0.4, 0.5) is 16.2 Å². The Kier molecular flexibility index (Phi) is 5.66. The summed E-state index contributed by atoms with van der Waals surface area (Å²) in [6.45, 7) is 7.48. The zero-order valence-electron chi connectivity index (χ0n) is 14.9. The Balaban J connectivity index is 2.36. The van der Waals surface area contributed by atoms with E-state index in [9.17, 15) is 19.5 Å². The number of anilines is 2. The van der Waals surface area contributed by atoms with E-state index in [-0.39, 0.29) is 17.7 Å². The Morgan fingerprint density at radius 3 is 2.44 bits per heavy atom. The lowest BCUT2D eigenvalue weighted by Crippen LogP contribution is -2.58. The van der Waals surface area contributed by atoms with Crippen molar-refractivity contribution in [3.05, 3.63) is 24.3 Å². The second-order valence-corrected chi connectivity index (χ2v) is 7.04. The molecule has 0 spiro atoms. The summed E-state index contributed by atoms with van der Waals surface area (Å²) in [7, 11) is 0. The van der Waals surface area contributed by atoms with Gasteiger partial charge in [0.2, 0.25) is 5.91 Å². The molecule has 0 saturated carbocycles. The summed E-state index contributed by atoms with van der Waals surface area (Å²) < 4.78 is 0. The van der Waals surface area contributed by atoms with Crippen LogP contribution in [0.2, 0.25) is 0 Å². The first-order chi connectivity index (χ1) is 11.7. The highest BCUT2D eigenvalue weighted by molar-refractivity contribution is 6.12. The summed E-state index contributed by atoms with van der Waals surface area (Å²) in [6.07, 6.45) is 0.315. The number of carboxylic acids is 1. The number of aliphatic carboxylic acids is 1. The molecule has 0 aromatic heterocycles. The van der Waals surface area contributed by atoms with Crippen molar-refractivity contribution in [2.45, 2.75) is 46.2 Å². The summed E-state index contributed by atoms with van der Waals surface area (Å²) in [5.74, 6) is -1.39. The third-order valence-electron chi connectivity index (χ3n) is 4.12. The van der Waals surface area contributed by atoms with Gasteiger partial charge in [-0.3, -0.25) is 9.69 Å². The van der Waals surface area contributed by atoms with E-state index in [0.717, 1.165) is 0 Å². The number of hydrogen-bond donors (Lipinski definition) is 3. The molecule has 0 bridgehead atoms. The van der Waals surface area contributed by atoms with Gasteiger partial charge in [-0.1, -0.05) is 39.8 Å². The zero-order chi connectivity index (χ0) is 18.7. The molecule has 1 aromatic rings. The lowest BCUT2D eigenvalue weighted by atomic mass is 9.97. The molecule has 25 heavy (non-hydrogen) atoms. The van der Waals surface area contributed by atoms with Crippen LogP contribution in [0.25, 0.3) is 0 Å². The molecule has 136 valence electrons. The van der Waals surface area contributed by atoms with Crippen molar-refractivity contribution in [1.82, 2.24) is 5.32 Å². The van der Waals surface area contributed by atoms with Crippen molar-refractivity contribution in [2.24, 2.45) is 11.8 Å². The van der Waals surface area contributed by atoms with E-state index >= 15 is 0 Å². The van der Waals surface area contributed by atoms with Gasteiger partial charge in [0.1, 0.15) is 12.1 Å². The van der Waals surface area contributed by atoms with Gasteiger partial charge in [0.25, 0.3) is 0 Å². The number of carbonyl (C=O) groups is 3. The third-order valence-corrected chi connectivity index (χ3v) is 4.12. The van der Waals surface area contributed by atoms with E-state index in [1.165, 1.54) is 4.90 Å². The molecular weight excluding hydrogens is 322 g/mol. The van der Waals surface area contributed by atoms with E-state index < -0.39 is 24.1 Å². The molecular formula is C18H25N3O4. The van der Waals surface area contributed by atoms with Gasteiger partial charge >= 0.3 is 12.0 Å². The minimum absolute atomic E-state index is 0.110. The number of nitrogens with zero attached hydrogens (tertiary/aromatic N) is 1. The molecule has 2 rings (SSSR count). The Morgan fingerprint density at radius 1 is 1.24 bits per heavy atom. The molecule has 1 aliphatic heterocycles. The minimum atomic E-state index is -1.09. The number of carbonyl (C=O) groups excluding carboxylic acids is 2. The van der Waals surface area contributed by atoms with Crippen molar-refractivity contribution < 1.29 is 19.5 Å². The van der Waals surface area contributed by atoms with Crippen LogP contribution in [0.15, 0.2) is 24.3 Å². The molecule has 1 heterocycles. The lowest BCUT2D eigenvalue weighted by molar-refractivity contribution is -0.139. The Morgan fingerprint density at radius 2 is 1.88 bits per heavy atom. The molecule has 1 aliphatic rings. The van der Waals surface area contributed by atoms with Crippen LogP contribution in [-0.4, -0.2) is 35.1 Å². The second kappa shape index (κ2) is 7.55. The normalized spacial score (nSPS) is 17.9. The van der Waals surface area contributed by atoms with Gasteiger partial charge < -0.3 is 15.7 Å². The van der Waals surface area contributed by atoms with Crippen LogP contribution in [0.5, 0.6) is 0 Å². The smallest absolute Gasteiger partial charge is 0.326 e. The number of urea groups is 1. The molecule has 0 saturated heterocycles. The van der Waals surface area contributed by atoms with Gasteiger partial charge in [-0.25, -0.2) is 9.59 Å². The molecule has 3 amide bonds. The van der Waals surface area contributed by atoms with E-state index in [0.29, 0.717) is 17.8 Å². The van der Waals surface area contributed by atoms with Gasteiger partial charge in [-0.15, -0.1) is 0 Å². The molecule has 7 nitrogen and oxygen atoms in total. The highest BCUT2D eigenvalue weighted by Crippen LogP contribution is 2.34. The maximum absolute atomic E-state index is 12.9. The maximum Gasteiger partial charge on any atom is 0.326 e. The highest BCUT2D eigenvalue weighted by Gasteiger charge is 2.39. The summed E-state index contributed by atoms with van der Waals surface area (Å²) in [5.41, 5.74) is 1.10. The fourth-order valence-electron chi connectivity index (χ4n) is 3.01. The van der Waals surface area contributed by atoms with Crippen LogP contribution in [0.3, 0.4) is 0 Å². The van der Waals surface area contributed by atoms with Crippen molar-refractivity contribution in [3.8, 4) is 0 Å². The summed E-state index contributed by atoms with van der Waals surface area (Å²) in [6, 6.07) is 4.71. The Labute approximate surface area is 147 Å². The van der Waals surface area contributed by atoms with Crippen molar-refractivity contribution in [1.29, 1.82) is 0 Å². The first kappa shape index (κ1) is 18.8. The van der Waals surface area contributed by atoms with Crippen LogP contribution < -0.4 is 15.5 Å². The van der Waals surface area contributed by atoms with Gasteiger partial charge in [-0.2, -0.15) is 0 Å². The number of nitrogens with one attached hydrogen (secondary N) is 2. The first-order valence-corrected chi connectivity index (χ1v) is 8.44. The van der Waals surface area contributed by atoms with Crippen LogP contribution in [0.1, 0.15) is 34.1 Å². The number of para-hydroxylation sites is 2. The average molecular weight is 347 g/mol. The lowest BCUT2D eigenvalue weighted by Gasteiger charge is -2.38. The third kappa shape index (κ3) is 4.10. The van der Waals surface area contributed by atoms with E-state index in [1.807, 2.05) is 27.7 Å². The standard InChI is InChI=1S/C18H25N3O4/c1-10(2)9-13(17(23)24)20-18(25)21-14-8-6-5-7-12(14)19-16(22)15(21)11(3)4/h5-8,10-11,13,15H,9H2,1-4H3,(H,19,22)(H,20,25)(H,23,24)/t13-,15-/m1/s1. The number of amides is 3. The van der Waals surface area contributed by atoms with Crippen molar-refractivity contribution in [3.63, 3.8) is 0 Å². The second-order valence-electron chi connectivity index (χ2n) is 7.04.